The van der Waals surface area contributed by atoms with Crippen LogP contribution in [0.4, 0.5) is 0 Å². The monoisotopic (exact) mass is 232 g/mol. The Balaban J connectivity index is 1.99. The van der Waals surface area contributed by atoms with Crippen LogP contribution in [-0.4, -0.2) is 36.3 Å². The third-order valence-corrected chi connectivity index (χ3v) is 2.83. The number of rotatable bonds is 2. The standard InChI is InChI=1S/C13H16N2O2/c1-10-3-2-4-11(7-10)8-13(17)15-6-5-14-12(16)9-15/h2-4,7H,5-6,8-9H2,1H3,(H,14,16). The van der Waals surface area contributed by atoms with Gasteiger partial charge in [0, 0.05) is 13.1 Å². The lowest BCUT2D eigenvalue weighted by Crippen LogP contribution is -2.50. The van der Waals surface area contributed by atoms with Gasteiger partial charge in [-0.25, -0.2) is 0 Å². The summed E-state index contributed by atoms with van der Waals surface area (Å²) in [5.74, 6) is -0.0562. The second-order valence-corrected chi connectivity index (χ2v) is 4.33. The van der Waals surface area contributed by atoms with E-state index in [0.29, 0.717) is 19.5 Å². The van der Waals surface area contributed by atoms with E-state index in [0.717, 1.165) is 11.1 Å². The van der Waals surface area contributed by atoms with E-state index in [-0.39, 0.29) is 18.4 Å². The summed E-state index contributed by atoms with van der Waals surface area (Å²) in [6.45, 7) is 3.35. The minimum absolute atomic E-state index is 0.0189. The van der Waals surface area contributed by atoms with Crippen LogP contribution < -0.4 is 5.32 Å². The van der Waals surface area contributed by atoms with Gasteiger partial charge in [-0.05, 0) is 12.5 Å². The third kappa shape index (κ3) is 3.06. The Kier molecular flexibility index (Phi) is 3.42. The van der Waals surface area contributed by atoms with Gasteiger partial charge in [0.1, 0.15) is 0 Å². The van der Waals surface area contributed by atoms with Gasteiger partial charge in [-0.1, -0.05) is 29.8 Å². The van der Waals surface area contributed by atoms with Gasteiger partial charge in [0.05, 0.1) is 13.0 Å². The highest BCUT2D eigenvalue weighted by molar-refractivity contribution is 5.86. The topological polar surface area (TPSA) is 49.4 Å². The molecule has 0 atom stereocenters. The molecule has 90 valence electrons. The van der Waals surface area contributed by atoms with E-state index in [2.05, 4.69) is 5.32 Å². The van der Waals surface area contributed by atoms with E-state index in [1.54, 1.807) is 4.90 Å². The second kappa shape index (κ2) is 4.99. The first kappa shape index (κ1) is 11.6. The van der Waals surface area contributed by atoms with Gasteiger partial charge in [-0.3, -0.25) is 9.59 Å². The Morgan fingerprint density at radius 1 is 1.47 bits per heavy atom. The predicted molar refractivity (Wildman–Crippen MR) is 64.5 cm³/mol. The fourth-order valence-corrected chi connectivity index (χ4v) is 1.96. The van der Waals surface area contributed by atoms with Crippen LogP contribution in [0, 0.1) is 6.92 Å². The molecule has 4 nitrogen and oxygen atoms in total. The summed E-state index contributed by atoms with van der Waals surface area (Å²) in [6.07, 6.45) is 0.370. The van der Waals surface area contributed by atoms with Gasteiger partial charge < -0.3 is 10.2 Å². The molecule has 1 heterocycles. The van der Waals surface area contributed by atoms with Crippen LogP contribution in [-0.2, 0) is 16.0 Å². The van der Waals surface area contributed by atoms with E-state index in [4.69, 9.17) is 0 Å². The summed E-state index contributed by atoms with van der Waals surface area (Å²) in [5.41, 5.74) is 2.15. The number of piperazine rings is 1. The molecule has 0 aliphatic carbocycles. The molecule has 4 heteroatoms. The molecule has 0 spiro atoms. The molecule has 1 aliphatic heterocycles. The van der Waals surface area contributed by atoms with Crippen LogP contribution in [0.25, 0.3) is 0 Å². The molecule has 1 N–H and O–H groups in total. The zero-order chi connectivity index (χ0) is 12.3. The minimum atomic E-state index is -0.0751. The highest BCUT2D eigenvalue weighted by atomic mass is 16.2. The van der Waals surface area contributed by atoms with Gasteiger partial charge >= 0.3 is 0 Å². The average molecular weight is 232 g/mol. The fraction of sp³-hybridized carbons (Fsp3) is 0.385. The van der Waals surface area contributed by atoms with Gasteiger partial charge in [0.15, 0.2) is 0 Å². The lowest BCUT2D eigenvalue weighted by molar-refractivity contribution is -0.137. The maximum Gasteiger partial charge on any atom is 0.239 e. The molecule has 2 rings (SSSR count). The van der Waals surface area contributed by atoms with Crippen molar-refractivity contribution in [2.24, 2.45) is 0 Å². The van der Waals surface area contributed by atoms with Crippen LogP contribution in [0.2, 0.25) is 0 Å². The zero-order valence-corrected chi connectivity index (χ0v) is 9.90. The van der Waals surface area contributed by atoms with Crippen molar-refractivity contribution in [3.63, 3.8) is 0 Å². The lowest BCUT2D eigenvalue weighted by atomic mass is 10.1. The molecule has 1 aliphatic rings. The van der Waals surface area contributed by atoms with Crippen LogP contribution in [0.5, 0.6) is 0 Å². The molecule has 1 aromatic carbocycles. The zero-order valence-electron chi connectivity index (χ0n) is 9.90. The average Bonchev–Trinajstić information content (AvgIpc) is 2.29. The number of hydrogen-bond donors (Lipinski definition) is 1. The molecule has 0 unspecified atom stereocenters. The Morgan fingerprint density at radius 2 is 2.29 bits per heavy atom. The number of nitrogens with zero attached hydrogens (tertiary/aromatic N) is 1. The van der Waals surface area contributed by atoms with E-state index >= 15 is 0 Å². The first-order valence-corrected chi connectivity index (χ1v) is 5.75. The molecule has 0 saturated carbocycles. The fourth-order valence-electron chi connectivity index (χ4n) is 1.96. The molecule has 17 heavy (non-hydrogen) atoms. The number of benzene rings is 1. The van der Waals surface area contributed by atoms with Crippen molar-refractivity contribution >= 4 is 11.8 Å². The van der Waals surface area contributed by atoms with E-state index < -0.39 is 0 Å². The van der Waals surface area contributed by atoms with Crippen molar-refractivity contribution in [2.75, 3.05) is 19.6 Å². The molecule has 0 radical (unpaired) electrons. The SMILES string of the molecule is Cc1cccc(CC(=O)N2CCNC(=O)C2)c1. The quantitative estimate of drug-likeness (QED) is 0.807. The van der Waals surface area contributed by atoms with Crippen molar-refractivity contribution in [2.45, 2.75) is 13.3 Å². The molecular weight excluding hydrogens is 216 g/mol. The molecule has 1 saturated heterocycles. The third-order valence-electron chi connectivity index (χ3n) is 2.83. The van der Waals surface area contributed by atoms with Crippen molar-refractivity contribution < 1.29 is 9.59 Å². The van der Waals surface area contributed by atoms with E-state index in [9.17, 15) is 9.59 Å². The number of hydrogen-bond acceptors (Lipinski definition) is 2. The Morgan fingerprint density at radius 3 is 3.00 bits per heavy atom. The van der Waals surface area contributed by atoms with Crippen LogP contribution in [0.3, 0.4) is 0 Å². The van der Waals surface area contributed by atoms with E-state index in [1.165, 1.54) is 0 Å². The summed E-state index contributed by atoms with van der Waals surface area (Å²) in [4.78, 5) is 24.8. The van der Waals surface area contributed by atoms with Crippen molar-refractivity contribution in [3.05, 3.63) is 35.4 Å². The van der Waals surface area contributed by atoms with Gasteiger partial charge in [0.2, 0.25) is 11.8 Å². The van der Waals surface area contributed by atoms with Crippen molar-refractivity contribution in [1.29, 1.82) is 0 Å². The summed E-state index contributed by atoms with van der Waals surface area (Å²) in [5, 5.41) is 2.71. The number of carbonyl (C=O) groups excluding carboxylic acids is 2. The Hall–Kier alpha value is -1.84. The maximum atomic E-state index is 12.0. The first-order valence-electron chi connectivity index (χ1n) is 5.75. The lowest BCUT2D eigenvalue weighted by Gasteiger charge is -2.26. The van der Waals surface area contributed by atoms with E-state index in [1.807, 2.05) is 31.2 Å². The highest BCUT2D eigenvalue weighted by Gasteiger charge is 2.20. The molecule has 0 aromatic heterocycles. The predicted octanol–water partition coefficient (Wildman–Crippen LogP) is 0.496. The Bertz CT molecular complexity index is 443. The summed E-state index contributed by atoms with van der Waals surface area (Å²) in [6, 6.07) is 7.89. The second-order valence-electron chi connectivity index (χ2n) is 4.33. The number of nitrogens with one attached hydrogen (secondary N) is 1. The largest absolute Gasteiger partial charge is 0.353 e. The van der Waals surface area contributed by atoms with Crippen molar-refractivity contribution in [1.82, 2.24) is 10.2 Å². The maximum absolute atomic E-state index is 12.0. The van der Waals surface area contributed by atoms with Gasteiger partial charge in [-0.15, -0.1) is 0 Å². The smallest absolute Gasteiger partial charge is 0.239 e. The number of aryl methyl sites for hydroxylation is 1. The van der Waals surface area contributed by atoms with Crippen LogP contribution in [0.1, 0.15) is 11.1 Å². The Labute approximate surface area is 101 Å². The van der Waals surface area contributed by atoms with Crippen LogP contribution >= 0.6 is 0 Å². The number of amides is 2. The molecular formula is C13H16N2O2. The molecule has 1 fully saturated rings. The van der Waals surface area contributed by atoms with Gasteiger partial charge in [-0.2, -0.15) is 0 Å². The number of carbonyl (C=O) groups is 2. The highest BCUT2D eigenvalue weighted by Crippen LogP contribution is 2.07. The normalized spacial score (nSPS) is 15.6. The minimum Gasteiger partial charge on any atom is -0.353 e. The summed E-state index contributed by atoms with van der Waals surface area (Å²) in [7, 11) is 0. The van der Waals surface area contributed by atoms with Crippen molar-refractivity contribution in [3.8, 4) is 0 Å². The molecule has 2 amide bonds. The molecule has 0 bridgehead atoms. The summed E-state index contributed by atoms with van der Waals surface area (Å²) < 4.78 is 0. The first-order chi connectivity index (χ1) is 8.15. The van der Waals surface area contributed by atoms with Crippen LogP contribution in [0.15, 0.2) is 24.3 Å². The molecule has 1 aromatic rings. The van der Waals surface area contributed by atoms with Gasteiger partial charge in [0.25, 0.3) is 0 Å². The summed E-state index contributed by atoms with van der Waals surface area (Å²) >= 11 is 0.